The first kappa shape index (κ1) is 11.4. The summed E-state index contributed by atoms with van der Waals surface area (Å²) in [5, 5.41) is 22.7. The van der Waals surface area contributed by atoms with Gasteiger partial charge in [0.2, 0.25) is 0 Å². The van der Waals surface area contributed by atoms with Crippen LogP contribution in [-0.4, -0.2) is 20.4 Å². The van der Waals surface area contributed by atoms with Gasteiger partial charge in [0.1, 0.15) is 11.5 Å². The first-order valence-corrected chi connectivity index (χ1v) is 5.41. The standard InChI is InChI=1S/C12H14N2O3/c1-7(2)5-11-13-12(17-14-11)9-4-3-8(15)6-10(9)16/h3-4,6-7,15-16H,5H2,1-2H3. The molecule has 0 saturated carbocycles. The molecule has 5 nitrogen and oxygen atoms in total. The molecule has 0 spiro atoms. The van der Waals surface area contributed by atoms with Crippen molar-refractivity contribution in [2.75, 3.05) is 0 Å². The molecule has 2 aromatic rings. The third kappa shape index (κ3) is 2.55. The van der Waals surface area contributed by atoms with Gasteiger partial charge in [-0.25, -0.2) is 0 Å². The first-order chi connectivity index (χ1) is 8.06. The van der Waals surface area contributed by atoms with Crippen LogP contribution in [0.15, 0.2) is 22.7 Å². The minimum atomic E-state index is -0.0789. The Morgan fingerprint density at radius 3 is 2.71 bits per heavy atom. The predicted molar refractivity (Wildman–Crippen MR) is 61.6 cm³/mol. The van der Waals surface area contributed by atoms with E-state index in [0.29, 0.717) is 17.3 Å². The van der Waals surface area contributed by atoms with Crippen LogP contribution in [0.5, 0.6) is 11.5 Å². The molecule has 5 heteroatoms. The summed E-state index contributed by atoms with van der Waals surface area (Å²) in [6.45, 7) is 4.13. The second-order valence-corrected chi connectivity index (χ2v) is 4.32. The average Bonchev–Trinajstić information content (AvgIpc) is 2.65. The van der Waals surface area contributed by atoms with Gasteiger partial charge in [-0.05, 0) is 18.1 Å². The second-order valence-electron chi connectivity index (χ2n) is 4.32. The zero-order valence-corrected chi connectivity index (χ0v) is 9.71. The Morgan fingerprint density at radius 1 is 1.29 bits per heavy atom. The lowest BCUT2D eigenvalue weighted by Crippen LogP contribution is -1.95. The molecule has 17 heavy (non-hydrogen) atoms. The van der Waals surface area contributed by atoms with E-state index in [9.17, 15) is 10.2 Å². The maximum Gasteiger partial charge on any atom is 0.261 e. The molecule has 1 aromatic carbocycles. The molecule has 0 bridgehead atoms. The van der Waals surface area contributed by atoms with E-state index in [-0.39, 0.29) is 17.4 Å². The van der Waals surface area contributed by atoms with Crippen molar-refractivity contribution in [1.82, 2.24) is 10.1 Å². The zero-order valence-electron chi connectivity index (χ0n) is 9.71. The van der Waals surface area contributed by atoms with E-state index < -0.39 is 0 Å². The number of hydrogen-bond acceptors (Lipinski definition) is 5. The van der Waals surface area contributed by atoms with E-state index in [1.165, 1.54) is 18.2 Å². The lowest BCUT2D eigenvalue weighted by atomic mass is 10.1. The Balaban J connectivity index is 2.30. The number of aromatic hydroxyl groups is 2. The van der Waals surface area contributed by atoms with Crippen molar-refractivity contribution in [2.45, 2.75) is 20.3 Å². The highest BCUT2D eigenvalue weighted by atomic mass is 16.5. The second kappa shape index (κ2) is 4.45. The molecule has 0 atom stereocenters. The van der Waals surface area contributed by atoms with E-state index in [4.69, 9.17) is 4.52 Å². The summed E-state index contributed by atoms with van der Waals surface area (Å²) < 4.78 is 5.07. The molecular weight excluding hydrogens is 220 g/mol. The van der Waals surface area contributed by atoms with Crippen molar-refractivity contribution >= 4 is 0 Å². The molecule has 2 N–H and O–H groups in total. The maximum atomic E-state index is 9.65. The van der Waals surface area contributed by atoms with Gasteiger partial charge in [0, 0.05) is 12.5 Å². The van der Waals surface area contributed by atoms with Gasteiger partial charge in [-0.15, -0.1) is 0 Å². The topological polar surface area (TPSA) is 79.4 Å². The summed E-state index contributed by atoms with van der Waals surface area (Å²) in [4.78, 5) is 4.19. The Morgan fingerprint density at radius 2 is 2.06 bits per heavy atom. The fraction of sp³-hybridized carbons (Fsp3) is 0.333. The van der Waals surface area contributed by atoms with Crippen LogP contribution in [0.2, 0.25) is 0 Å². The van der Waals surface area contributed by atoms with Crippen LogP contribution in [-0.2, 0) is 6.42 Å². The minimum Gasteiger partial charge on any atom is -0.508 e. The monoisotopic (exact) mass is 234 g/mol. The summed E-state index contributed by atoms with van der Waals surface area (Å²) in [7, 11) is 0. The third-order valence-electron chi connectivity index (χ3n) is 2.27. The van der Waals surface area contributed by atoms with Crippen molar-refractivity contribution < 1.29 is 14.7 Å². The fourth-order valence-electron chi connectivity index (χ4n) is 1.51. The molecule has 0 aliphatic rings. The van der Waals surface area contributed by atoms with Gasteiger partial charge in [-0.3, -0.25) is 0 Å². The Kier molecular flexibility index (Phi) is 2.99. The highest BCUT2D eigenvalue weighted by molar-refractivity contribution is 5.63. The van der Waals surface area contributed by atoms with Crippen molar-refractivity contribution in [1.29, 1.82) is 0 Å². The predicted octanol–water partition coefficient (Wildman–Crippen LogP) is 2.35. The molecule has 1 aromatic heterocycles. The quantitative estimate of drug-likeness (QED) is 0.852. The lowest BCUT2D eigenvalue weighted by Gasteiger charge is -1.99. The van der Waals surface area contributed by atoms with Crippen LogP contribution in [0.4, 0.5) is 0 Å². The number of rotatable bonds is 3. The molecule has 0 unspecified atom stereocenters. The van der Waals surface area contributed by atoms with Gasteiger partial charge in [0.05, 0.1) is 5.56 Å². The van der Waals surface area contributed by atoms with Crippen molar-refractivity contribution in [3.8, 4) is 23.0 Å². The summed E-state index contributed by atoms with van der Waals surface area (Å²) in [6, 6.07) is 4.24. The summed E-state index contributed by atoms with van der Waals surface area (Å²) in [5.41, 5.74) is 0.422. The van der Waals surface area contributed by atoms with Gasteiger partial charge in [0.15, 0.2) is 5.82 Å². The molecule has 0 aliphatic heterocycles. The molecule has 0 saturated heterocycles. The smallest absolute Gasteiger partial charge is 0.261 e. The molecular formula is C12H14N2O3. The number of phenols is 2. The third-order valence-corrected chi connectivity index (χ3v) is 2.27. The summed E-state index contributed by atoms with van der Waals surface area (Å²) >= 11 is 0. The van der Waals surface area contributed by atoms with Crippen LogP contribution >= 0.6 is 0 Å². The summed E-state index contributed by atoms with van der Waals surface area (Å²) in [6.07, 6.45) is 0.725. The Bertz CT molecular complexity index is 520. The van der Waals surface area contributed by atoms with Crippen LogP contribution in [0.3, 0.4) is 0 Å². The van der Waals surface area contributed by atoms with E-state index in [1.807, 2.05) is 0 Å². The van der Waals surface area contributed by atoms with E-state index in [1.54, 1.807) is 0 Å². The number of hydrogen-bond donors (Lipinski definition) is 2. The average molecular weight is 234 g/mol. The van der Waals surface area contributed by atoms with Gasteiger partial charge in [-0.2, -0.15) is 4.98 Å². The Labute approximate surface area is 98.7 Å². The number of benzene rings is 1. The van der Waals surface area contributed by atoms with Crippen LogP contribution in [0, 0.1) is 5.92 Å². The largest absolute Gasteiger partial charge is 0.508 e. The molecule has 2 rings (SSSR count). The lowest BCUT2D eigenvalue weighted by molar-refractivity contribution is 0.412. The maximum absolute atomic E-state index is 9.65. The van der Waals surface area contributed by atoms with Crippen molar-refractivity contribution in [2.24, 2.45) is 5.92 Å². The molecule has 0 fully saturated rings. The number of phenolic OH excluding ortho intramolecular Hbond substituents is 2. The van der Waals surface area contributed by atoms with Crippen molar-refractivity contribution in [3.63, 3.8) is 0 Å². The van der Waals surface area contributed by atoms with Gasteiger partial charge < -0.3 is 14.7 Å². The van der Waals surface area contributed by atoms with E-state index in [2.05, 4.69) is 24.0 Å². The molecule has 1 heterocycles. The minimum absolute atomic E-state index is 0.00632. The van der Waals surface area contributed by atoms with Crippen LogP contribution < -0.4 is 0 Å². The zero-order chi connectivity index (χ0) is 12.4. The molecule has 0 amide bonds. The highest BCUT2D eigenvalue weighted by Crippen LogP contribution is 2.30. The SMILES string of the molecule is CC(C)Cc1noc(-c2ccc(O)cc2O)n1. The Hall–Kier alpha value is -2.04. The van der Waals surface area contributed by atoms with Crippen molar-refractivity contribution in [3.05, 3.63) is 24.0 Å². The normalized spacial score (nSPS) is 11.0. The van der Waals surface area contributed by atoms with Gasteiger partial charge >= 0.3 is 0 Å². The van der Waals surface area contributed by atoms with Gasteiger partial charge in [0.25, 0.3) is 5.89 Å². The number of nitrogens with zero attached hydrogens (tertiary/aromatic N) is 2. The number of aromatic nitrogens is 2. The highest BCUT2D eigenvalue weighted by Gasteiger charge is 2.13. The molecule has 0 aliphatic carbocycles. The van der Waals surface area contributed by atoms with Gasteiger partial charge in [-0.1, -0.05) is 19.0 Å². The summed E-state index contributed by atoms with van der Waals surface area (Å²) in [5.74, 6) is 1.23. The van der Waals surface area contributed by atoms with Crippen LogP contribution in [0.1, 0.15) is 19.7 Å². The van der Waals surface area contributed by atoms with Crippen LogP contribution in [0.25, 0.3) is 11.5 Å². The van der Waals surface area contributed by atoms with E-state index in [0.717, 1.165) is 6.42 Å². The first-order valence-electron chi connectivity index (χ1n) is 5.41. The fourth-order valence-corrected chi connectivity index (χ4v) is 1.51. The molecule has 0 radical (unpaired) electrons. The van der Waals surface area contributed by atoms with E-state index >= 15 is 0 Å². The molecule has 90 valence electrons.